The van der Waals surface area contributed by atoms with E-state index >= 15 is 0 Å². The van der Waals surface area contributed by atoms with Gasteiger partial charge in [0.25, 0.3) is 0 Å². The van der Waals surface area contributed by atoms with Crippen molar-refractivity contribution in [3.8, 4) is 0 Å². The monoisotopic (exact) mass is 857 g/mol. The van der Waals surface area contributed by atoms with E-state index in [0.29, 0.717) is 19.3 Å². The van der Waals surface area contributed by atoms with Crippen molar-refractivity contribution in [3.05, 3.63) is 146 Å². The second kappa shape index (κ2) is 42.9. The van der Waals surface area contributed by atoms with Crippen LogP contribution in [0.1, 0.15) is 123 Å². The van der Waals surface area contributed by atoms with Crippen LogP contribution in [0.2, 0.25) is 0 Å². The first-order valence-corrected chi connectivity index (χ1v) is 22.9. The highest BCUT2D eigenvalue weighted by Gasteiger charge is 2.31. The van der Waals surface area contributed by atoms with Gasteiger partial charge in [0.2, 0.25) is 0 Å². The average molecular weight is 857 g/mol. The highest BCUT2D eigenvalue weighted by Crippen LogP contribution is 2.11. The van der Waals surface area contributed by atoms with Crippen molar-refractivity contribution >= 4 is 17.9 Å². The van der Waals surface area contributed by atoms with Crippen LogP contribution in [0.5, 0.6) is 0 Å². The number of quaternary nitrogens is 1. The number of ether oxygens (including phenoxy) is 3. The van der Waals surface area contributed by atoms with E-state index in [0.717, 1.165) is 77.0 Å². The van der Waals surface area contributed by atoms with E-state index < -0.39 is 18.1 Å². The van der Waals surface area contributed by atoms with Gasteiger partial charge in [-0.15, -0.1) is 0 Å². The van der Waals surface area contributed by atoms with Crippen LogP contribution < -0.4 is 0 Å². The SMILES string of the molecule is CC/C=C/C=C/C=C/C=C/C=C/CCCCCC(=O)OC(COCCC(C(=O)O)[N+](C)(C)C)COC(=O)CCC/C=C/C/C=C/C/C=C/C/C=C/C/C=C/C/C=C/C/C=C/CC. The standard InChI is InChI=1S/C54H81NO7/c1-6-8-10-12-14-16-18-20-22-23-24-25-26-27-28-29-31-32-34-36-38-40-42-44-52(56)61-49-50(48-60-47-46-51(54(58)59)55(3,4)5)62-53(57)45-43-41-39-37-35-33-30-21-19-17-15-13-11-9-7-2/h8-11,13-17,19-22,24-25,27-28,30-33,35-36,38,50-51H,6-7,12,18,23,26,29,34,37,39-49H2,1-5H3/p+1/b10-8+,11-9+,15-13+,16-14+,19-17+,22-20+,25-24+,28-27+,30-21+,32-31+,35-33+,38-36+. The molecule has 2 atom stereocenters. The molecule has 0 amide bonds. The molecule has 0 spiro atoms. The summed E-state index contributed by atoms with van der Waals surface area (Å²) in [5.74, 6) is -1.63. The van der Waals surface area contributed by atoms with Gasteiger partial charge in [-0.2, -0.15) is 0 Å². The van der Waals surface area contributed by atoms with Crippen LogP contribution in [-0.4, -0.2) is 80.6 Å². The number of esters is 2. The van der Waals surface area contributed by atoms with Gasteiger partial charge in [-0.1, -0.05) is 166 Å². The van der Waals surface area contributed by atoms with Crippen LogP contribution in [0.3, 0.4) is 0 Å². The zero-order valence-corrected chi connectivity index (χ0v) is 39.0. The molecule has 62 heavy (non-hydrogen) atoms. The minimum atomic E-state index is -0.898. The summed E-state index contributed by atoms with van der Waals surface area (Å²) in [5, 5.41) is 9.63. The Labute approximate surface area is 376 Å². The molecule has 0 aromatic carbocycles. The van der Waals surface area contributed by atoms with Crippen LogP contribution in [0.15, 0.2) is 146 Å². The molecule has 0 saturated carbocycles. The first kappa shape index (κ1) is 57.2. The van der Waals surface area contributed by atoms with Crippen LogP contribution in [0.25, 0.3) is 0 Å². The van der Waals surface area contributed by atoms with Crippen molar-refractivity contribution in [1.29, 1.82) is 0 Å². The third-order valence-corrected chi connectivity index (χ3v) is 9.11. The molecular weight excluding hydrogens is 775 g/mol. The van der Waals surface area contributed by atoms with Crippen molar-refractivity contribution in [1.82, 2.24) is 0 Å². The Morgan fingerprint density at radius 1 is 0.500 bits per heavy atom. The number of carbonyl (C=O) groups is 3. The Kier molecular flexibility index (Phi) is 39.6. The fourth-order valence-corrected chi connectivity index (χ4v) is 5.63. The van der Waals surface area contributed by atoms with Crippen molar-refractivity contribution < 1.29 is 38.2 Å². The predicted molar refractivity (Wildman–Crippen MR) is 261 cm³/mol. The van der Waals surface area contributed by atoms with E-state index in [1.54, 1.807) is 0 Å². The molecule has 0 rings (SSSR count). The van der Waals surface area contributed by atoms with E-state index in [4.69, 9.17) is 14.2 Å². The fraction of sp³-hybridized carbons (Fsp3) is 0.500. The number of unbranched alkanes of at least 4 members (excludes halogenated alkanes) is 4. The van der Waals surface area contributed by atoms with E-state index in [9.17, 15) is 19.5 Å². The van der Waals surface area contributed by atoms with Crippen LogP contribution in [-0.2, 0) is 28.6 Å². The maximum Gasteiger partial charge on any atom is 0.362 e. The molecule has 2 unspecified atom stereocenters. The number of rotatable bonds is 38. The van der Waals surface area contributed by atoms with Gasteiger partial charge in [0.1, 0.15) is 6.61 Å². The Bertz CT molecular complexity index is 1510. The molecule has 0 aliphatic heterocycles. The molecule has 0 radical (unpaired) electrons. The summed E-state index contributed by atoms with van der Waals surface area (Å²) in [4.78, 5) is 37.0. The zero-order valence-electron chi connectivity index (χ0n) is 39.0. The third kappa shape index (κ3) is 40.6. The van der Waals surface area contributed by atoms with E-state index in [1.807, 2.05) is 69.8 Å². The Balaban J connectivity index is 4.51. The molecule has 344 valence electrons. The van der Waals surface area contributed by atoms with Gasteiger partial charge in [0.05, 0.1) is 34.4 Å². The topological polar surface area (TPSA) is 99.1 Å². The smallest absolute Gasteiger partial charge is 0.362 e. The summed E-state index contributed by atoms with van der Waals surface area (Å²) in [6.45, 7) is 4.33. The summed E-state index contributed by atoms with van der Waals surface area (Å²) in [5.41, 5.74) is 0. The second-order valence-corrected chi connectivity index (χ2v) is 15.7. The fourth-order valence-electron chi connectivity index (χ4n) is 5.63. The van der Waals surface area contributed by atoms with E-state index in [-0.39, 0.29) is 49.1 Å². The Hall–Kier alpha value is -4.79. The van der Waals surface area contributed by atoms with Crippen LogP contribution in [0.4, 0.5) is 0 Å². The number of nitrogens with zero attached hydrogens (tertiary/aromatic N) is 1. The first-order chi connectivity index (χ1) is 30.1. The van der Waals surface area contributed by atoms with Gasteiger partial charge < -0.3 is 23.8 Å². The van der Waals surface area contributed by atoms with Crippen molar-refractivity contribution in [3.63, 3.8) is 0 Å². The third-order valence-electron chi connectivity index (χ3n) is 9.11. The summed E-state index contributed by atoms with van der Waals surface area (Å²) in [6.07, 6.45) is 63.3. The lowest BCUT2D eigenvalue weighted by Gasteiger charge is -2.31. The number of allylic oxidation sites excluding steroid dienone is 24. The van der Waals surface area contributed by atoms with Crippen LogP contribution >= 0.6 is 0 Å². The minimum Gasteiger partial charge on any atom is -0.477 e. The highest BCUT2D eigenvalue weighted by molar-refractivity contribution is 5.72. The molecular formula is C54H82NO7+. The summed E-state index contributed by atoms with van der Waals surface area (Å²) < 4.78 is 17.2. The number of carboxylic acid groups (broad SMARTS) is 1. The lowest BCUT2D eigenvalue weighted by molar-refractivity contribution is -0.887. The number of carbonyl (C=O) groups excluding carboxylic acids is 2. The predicted octanol–water partition coefficient (Wildman–Crippen LogP) is 13.0. The number of hydrogen-bond acceptors (Lipinski definition) is 6. The van der Waals surface area contributed by atoms with E-state index in [1.165, 1.54) is 0 Å². The average Bonchev–Trinajstić information content (AvgIpc) is 3.23. The summed E-state index contributed by atoms with van der Waals surface area (Å²) >= 11 is 0. The molecule has 8 nitrogen and oxygen atoms in total. The second-order valence-electron chi connectivity index (χ2n) is 15.7. The lowest BCUT2D eigenvalue weighted by atomic mass is 10.1. The molecule has 8 heteroatoms. The molecule has 0 fully saturated rings. The molecule has 0 heterocycles. The van der Waals surface area contributed by atoms with Crippen molar-refractivity contribution in [2.24, 2.45) is 0 Å². The number of aliphatic carboxylic acids is 1. The Morgan fingerprint density at radius 3 is 1.45 bits per heavy atom. The highest BCUT2D eigenvalue weighted by atomic mass is 16.6. The number of carboxylic acids is 1. The minimum absolute atomic E-state index is 0.0134. The van der Waals surface area contributed by atoms with Gasteiger partial charge in [-0.3, -0.25) is 9.59 Å². The molecule has 1 N–H and O–H groups in total. The maximum atomic E-state index is 12.7. The van der Waals surface area contributed by atoms with Gasteiger partial charge in [-0.25, -0.2) is 4.79 Å². The molecule has 0 aromatic rings. The van der Waals surface area contributed by atoms with Gasteiger partial charge in [-0.05, 0) is 83.5 Å². The molecule has 0 aliphatic carbocycles. The lowest BCUT2D eigenvalue weighted by Crippen LogP contribution is -2.50. The number of likely N-dealkylation sites (N-methyl/N-ethyl adjacent to an activating group) is 1. The number of hydrogen-bond donors (Lipinski definition) is 1. The Morgan fingerprint density at radius 2 is 0.952 bits per heavy atom. The van der Waals surface area contributed by atoms with Crippen LogP contribution in [0, 0.1) is 0 Å². The van der Waals surface area contributed by atoms with Gasteiger partial charge in [0, 0.05) is 19.3 Å². The maximum absolute atomic E-state index is 12.7. The van der Waals surface area contributed by atoms with Gasteiger partial charge >= 0.3 is 17.9 Å². The first-order valence-electron chi connectivity index (χ1n) is 22.9. The largest absolute Gasteiger partial charge is 0.477 e. The van der Waals surface area contributed by atoms with E-state index in [2.05, 4.69) is 111 Å². The molecule has 0 saturated heterocycles. The van der Waals surface area contributed by atoms with Crippen molar-refractivity contribution in [2.45, 2.75) is 135 Å². The van der Waals surface area contributed by atoms with Gasteiger partial charge in [0.15, 0.2) is 12.1 Å². The summed E-state index contributed by atoms with van der Waals surface area (Å²) in [6, 6.07) is -0.642. The normalized spacial score (nSPS) is 14.3. The molecule has 0 bridgehead atoms. The van der Waals surface area contributed by atoms with Crippen molar-refractivity contribution in [2.75, 3.05) is 41.0 Å². The zero-order chi connectivity index (χ0) is 45.6. The molecule has 0 aliphatic rings. The quantitative estimate of drug-likeness (QED) is 0.0217. The molecule has 0 aromatic heterocycles. The summed E-state index contributed by atoms with van der Waals surface area (Å²) in [7, 11) is 5.47.